The summed E-state index contributed by atoms with van der Waals surface area (Å²) in [6, 6.07) is 11.5. The molecule has 2 fully saturated rings. The van der Waals surface area contributed by atoms with Crippen molar-refractivity contribution in [1.82, 2.24) is 29.3 Å². The molecule has 2 aromatic heterocycles. The lowest BCUT2D eigenvalue weighted by Gasteiger charge is -2.32. The smallest absolute Gasteiger partial charge is 0.311 e. The highest BCUT2D eigenvalue weighted by molar-refractivity contribution is 6.34. The molecule has 4 aliphatic rings. The molecule has 2 aliphatic heterocycles. The van der Waals surface area contributed by atoms with Gasteiger partial charge in [-0.1, -0.05) is 41.9 Å². The summed E-state index contributed by atoms with van der Waals surface area (Å²) in [6.07, 6.45) is 7.91. The lowest BCUT2D eigenvalue weighted by molar-refractivity contribution is -0.152. The summed E-state index contributed by atoms with van der Waals surface area (Å²) in [4.78, 5) is 51.7. The number of anilines is 1. The number of fused-ring (bicyclic) bond motifs is 4. The predicted octanol–water partition coefficient (Wildman–Crippen LogP) is 5.98. The zero-order valence-electron chi connectivity index (χ0n) is 31.1. The van der Waals surface area contributed by atoms with E-state index in [1.54, 1.807) is 0 Å². The van der Waals surface area contributed by atoms with Crippen molar-refractivity contribution in [2.24, 2.45) is 24.9 Å². The van der Waals surface area contributed by atoms with Crippen LogP contribution >= 0.6 is 11.6 Å². The zero-order chi connectivity index (χ0) is 37.1. The summed E-state index contributed by atoms with van der Waals surface area (Å²) in [5, 5.41) is 6.96. The molecular formula is C41H48ClN7O4. The summed E-state index contributed by atoms with van der Waals surface area (Å²) in [6.45, 7) is 6.10. The van der Waals surface area contributed by atoms with Gasteiger partial charge in [0.05, 0.1) is 28.9 Å². The van der Waals surface area contributed by atoms with E-state index in [2.05, 4.69) is 20.5 Å². The molecule has 0 atom stereocenters. The Balaban J connectivity index is 0.944. The van der Waals surface area contributed by atoms with E-state index >= 15 is 0 Å². The van der Waals surface area contributed by atoms with Crippen molar-refractivity contribution >= 4 is 34.9 Å². The molecule has 2 aromatic carbocycles. The van der Waals surface area contributed by atoms with Gasteiger partial charge in [0.15, 0.2) is 11.6 Å². The summed E-state index contributed by atoms with van der Waals surface area (Å²) in [7, 11) is 5.34. The molecule has 2 N–H and O–H groups in total. The standard InChI is InChI=1S/C41H48ClN7O4/c1-25-27(28-9-5-7-26(35(28)42)21-34(50)36-44-30-22-43-18-11-32(30)47(36)2)8-6-10-29(25)46-38(51)37-45-31-23-49(19-12-33(31)48(37)3)20-17-40-13-15-41(24-40,16-14-40)39(52)53-4/h5-10,43H,11-24H2,1-4H3,(H,46,51). The molecule has 2 bridgehead atoms. The third kappa shape index (κ3) is 6.30. The summed E-state index contributed by atoms with van der Waals surface area (Å²) >= 11 is 7.02. The Labute approximate surface area is 315 Å². The number of benzene rings is 2. The first-order chi connectivity index (χ1) is 25.5. The number of amides is 1. The number of imidazole rings is 2. The Morgan fingerprint density at radius 1 is 0.943 bits per heavy atom. The van der Waals surface area contributed by atoms with Crippen LogP contribution in [-0.2, 0) is 56.0 Å². The van der Waals surface area contributed by atoms with Crippen LogP contribution in [0.3, 0.4) is 0 Å². The minimum Gasteiger partial charge on any atom is -0.469 e. The second-order valence-electron chi connectivity index (χ2n) is 15.7. The summed E-state index contributed by atoms with van der Waals surface area (Å²) < 4.78 is 9.03. The van der Waals surface area contributed by atoms with Crippen LogP contribution in [0.15, 0.2) is 36.4 Å². The highest BCUT2D eigenvalue weighted by Gasteiger charge is 2.58. The number of rotatable bonds is 10. The van der Waals surface area contributed by atoms with Gasteiger partial charge in [-0.25, -0.2) is 9.97 Å². The highest BCUT2D eigenvalue weighted by atomic mass is 35.5. The van der Waals surface area contributed by atoms with Crippen LogP contribution in [0.2, 0.25) is 5.02 Å². The number of carbonyl (C=O) groups excluding carboxylic acids is 3. The molecule has 53 heavy (non-hydrogen) atoms. The maximum absolute atomic E-state index is 13.8. The Kier molecular flexibility index (Phi) is 9.31. The number of carbonyl (C=O) groups is 3. The van der Waals surface area contributed by atoms with Crippen LogP contribution in [0.25, 0.3) is 11.1 Å². The second-order valence-corrected chi connectivity index (χ2v) is 16.1. The average Bonchev–Trinajstić information content (AvgIpc) is 3.92. The molecule has 8 rings (SSSR count). The van der Waals surface area contributed by atoms with Crippen LogP contribution in [0.5, 0.6) is 0 Å². The van der Waals surface area contributed by atoms with Crippen LogP contribution in [0.1, 0.15) is 93.7 Å². The summed E-state index contributed by atoms with van der Waals surface area (Å²) in [5.41, 5.74) is 8.01. The Morgan fingerprint density at radius 3 is 2.43 bits per heavy atom. The number of nitrogens with one attached hydrogen (secondary N) is 2. The number of methoxy groups -OCH3 is 1. The SMILES string of the molecule is COC(=O)C12CCC(CCN3CCc4c(nc(C(=O)Nc5cccc(-c6cccc(CC(=O)c7nc8c(n7C)CCNC8)c6Cl)c5C)n4C)C3)(CC1)C2. The number of hydrogen-bond donors (Lipinski definition) is 2. The first-order valence-electron chi connectivity index (χ1n) is 18.8. The van der Waals surface area contributed by atoms with Gasteiger partial charge >= 0.3 is 5.97 Å². The number of Topliss-reactive ketones (excluding diaryl/α,β-unsaturated/α-hetero) is 1. The quantitative estimate of drug-likeness (QED) is 0.151. The van der Waals surface area contributed by atoms with E-state index in [9.17, 15) is 14.4 Å². The molecule has 4 aromatic rings. The summed E-state index contributed by atoms with van der Waals surface area (Å²) in [5.74, 6) is 0.477. The molecule has 0 radical (unpaired) electrons. The minimum absolute atomic E-state index is 0.0282. The first-order valence-corrected chi connectivity index (χ1v) is 19.2. The monoisotopic (exact) mass is 737 g/mol. The van der Waals surface area contributed by atoms with Gasteiger partial charge in [-0.05, 0) is 80.2 Å². The molecule has 0 saturated heterocycles. The van der Waals surface area contributed by atoms with Crippen LogP contribution in [0, 0.1) is 17.8 Å². The van der Waals surface area contributed by atoms with Gasteiger partial charge in [0.1, 0.15) is 0 Å². The van der Waals surface area contributed by atoms with Crippen molar-refractivity contribution in [3.05, 3.63) is 87.0 Å². The van der Waals surface area contributed by atoms with E-state index in [1.807, 2.05) is 66.6 Å². The second kappa shape index (κ2) is 13.8. The topological polar surface area (TPSA) is 123 Å². The van der Waals surface area contributed by atoms with Crippen LogP contribution < -0.4 is 10.6 Å². The Bertz CT molecular complexity index is 2130. The Hall–Kier alpha value is -4.32. The van der Waals surface area contributed by atoms with Crippen molar-refractivity contribution in [1.29, 1.82) is 0 Å². The highest BCUT2D eigenvalue weighted by Crippen LogP contribution is 2.63. The molecule has 4 heterocycles. The van der Waals surface area contributed by atoms with E-state index in [0.717, 1.165) is 116 Å². The zero-order valence-corrected chi connectivity index (χ0v) is 31.9. The van der Waals surface area contributed by atoms with E-state index < -0.39 is 0 Å². The number of aromatic nitrogens is 4. The fourth-order valence-corrected chi connectivity index (χ4v) is 9.95. The lowest BCUT2D eigenvalue weighted by Crippen LogP contribution is -2.34. The fraction of sp³-hybridized carbons (Fsp3) is 0.488. The van der Waals surface area contributed by atoms with Gasteiger partial charge in [-0.2, -0.15) is 0 Å². The van der Waals surface area contributed by atoms with E-state index in [0.29, 0.717) is 35.4 Å². The molecule has 2 aliphatic carbocycles. The number of esters is 1. The van der Waals surface area contributed by atoms with Gasteiger partial charge in [-0.3, -0.25) is 19.3 Å². The van der Waals surface area contributed by atoms with Crippen molar-refractivity contribution < 1.29 is 19.1 Å². The van der Waals surface area contributed by atoms with Crippen molar-refractivity contribution in [2.45, 2.75) is 77.8 Å². The number of ether oxygens (including phenoxy) is 1. The third-order valence-corrected chi connectivity index (χ3v) is 13.2. The van der Waals surface area contributed by atoms with Crippen LogP contribution in [-0.4, -0.2) is 68.4 Å². The number of nitrogens with zero attached hydrogens (tertiary/aromatic N) is 5. The molecule has 2 saturated carbocycles. The van der Waals surface area contributed by atoms with Crippen molar-refractivity contribution in [3.8, 4) is 11.1 Å². The van der Waals surface area contributed by atoms with Crippen molar-refractivity contribution in [3.63, 3.8) is 0 Å². The van der Waals surface area contributed by atoms with Gasteiger partial charge in [0.2, 0.25) is 5.78 Å². The predicted molar refractivity (Wildman–Crippen MR) is 203 cm³/mol. The lowest BCUT2D eigenvalue weighted by atomic mass is 9.80. The van der Waals surface area contributed by atoms with E-state index in [4.69, 9.17) is 21.3 Å². The molecule has 1 amide bonds. The third-order valence-electron chi connectivity index (χ3n) is 12.8. The molecule has 11 nitrogen and oxygen atoms in total. The fourth-order valence-electron chi connectivity index (χ4n) is 9.66. The van der Waals surface area contributed by atoms with Crippen molar-refractivity contribution in [2.75, 3.05) is 32.1 Å². The Morgan fingerprint density at radius 2 is 1.66 bits per heavy atom. The first kappa shape index (κ1) is 35.7. The maximum Gasteiger partial charge on any atom is 0.311 e. The van der Waals surface area contributed by atoms with Gasteiger partial charge in [0.25, 0.3) is 5.91 Å². The maximum atomic E-state index is 13.8. The van der Waals surface area contributed by atoms with Gasteiger partial charge < -0.3 is 24.5 Å². The largest absolute Gasteiger partial charge is 0.469 e. The molecule has 0 unspecified atom stereocenters. The van der Waals surface area contributed by atoms with E-state index in [1.165, 1.54) is 7.11 Å². The minimum atomic E-state index is -0.264. The van der Waals surface area contributed by atoms with E-state index in [-0.39, 0.29) is 34.9 Å². The average molecular weight is 738 g/mol. The number of ketones is 1. The molecule has 278 valence electrons. The molecule has 12 heteroatoms. The van der Waals surface area contributed by atoms with Gasteiger partial charge in [0, 0.05) is 82.2 Å². The molecule has 0 spiro atoms. The molecular weight excluding hydrogens is 690 g/mol. The number of hydrogen-bond acceptors (Lipinski definition) is 8. The van der Waals surface area contributed by atoms with Gasteiger partial charge in [-0.15, -0.1) is 0 Å². The number of halogens is 1. The van der Waals surface area contributed by atoms with Crippen LogP contribution in [0.4, 0.5) is 5.69 Å². The normalized spacial score (nSPS) is 22.1.